The van der Waals surface area contributed by atoms with Crippen LogP contribution in [0.1, 0.15) is 52.9 Å². The summed E-state index contributed by atoms with van der Waals surface area (Å²) < 4.78 is 0. The molecule has 0 spiro atoms. The maximum atomic E-state index is 3.64. The largest absolute Gasteiger partial charge is 0.314 e. The fourth-order valence-corrected chi connectivity index (χ4v) is 2.22. The Bertz CT molecular complexity index is 141. The normalized spacial score (nSPS) is 27.2. The summed E-state index contributed by atoms with van der Waals surface area (Å²) in [5, 5.41) is 7.24. The van der Waals surface area contributed by atoms with Gasteiger partial charge in [0.1, 0.15) is 0 Å². The van der Waals surface area contributed by atoms with Crippen LogP contribution in [-0.2, 0) is 0 Å². The molecular formula is C12H26N2. The molecule has 3 unspecified atom stereocenters. The average Bonchev–Trinajstić information content (AvgIpc) is 2.19. The second-order valence-corrected chi connectivity index (χ2v) is 4.76. The van der Waals surface area contributed by atoms with Crippen molar-refractivity contribution < 1.29 is 0 Å². The van der Waals surface area contributed by atoms with Crippen molar-refractivity contribution >= 4 is 0 Å². The van der Waals surface area contributed by atoms with Crippen LogP contribution in [0.4, 0.5) is 0 Å². The first-order valence-electron chi connectivity index (χ1n) is 6.21. The minimum atomic E-state index is 0.653. The van der Waals surface area contributed by atoms with Gasteiger partial charge in [0.2, 0.25) is 0 Å². The van der Waals surface area contributed by atoms with Crippen molar-refractivity contribution in [2.24, 2.45) is 0 Å². The van der Waals surface area contributed by atoms with Gasteiger partial charge in [-0.2, -0.15) is 0 Å². The molecule has 14 heavy (non-hydrogen) atoms. The Balaban J connectivity index is 2.14. The van der Waals surface area contributed by atoms with Gasteiger partial charge in [0, 0.05) is 18.1 Å². The van der Waals surface area contributed by atoms with E-state index in [1.54, 1.807) is 0 Å². The molecule has 1 heterocycles. The maximum Gasteiger partial charge on any atom is 0.00817 e. The molecule has 0 aromatic heterocycles. The molecule has 0 aliphatic carbocycles. The van der Waals surface area contributed by atoms with Crippen LogP contribution >= 0.6 is 0 Å². The maximum absolute atomic E-state index is 3.64. The Kier molecular flexibility index (Phi) is 5.49. The highest BCUT2D eigenvalue weighted by Crippen LogP contribution is 2.12. The summed E-state index contributed by atoms with van der Waals surface area (Å²) in [7, 11) is 0. The molecule has 2 heteroatoms. The molecule has 1 aliphatic rings. The average molecular weight is 198 g/mol. The lowest BCUT2D eigenvalue weighted by Crippen LogP contribution is -2.42. The quantitative estimate of drug-likeness (QED) is 0.708. The Morgan fingerprint density at radius 2 is 2.07 bits per heavy atom. The number of piperidine rings is 1. The fraction of sp³-hybridized carbons (Fsp3) is 1.00. The first-order valence-corrected chi connectivity index (χ1v) is 6.21. The summed E-state index contributed by atoms with van der Waals surface area (Å²) in [5.74, 6) is 0. The molecule has 0 radical (unpaired) electrons. The Labute approximate surface area is 88.8 Å². The van der Waals surface area contributed by atoms with E-state index < -0.39 is 0 Å². The Morgan fingerprint density at radius 3 is 2.64 bits per heavy atom. The molecule has 1 aliphatic heterocycles. The van der Waals surface area contributed by atoms with Crippen molar-refractivity contribution in [1.29, 1.82) is 0 Å². The molecular weight excluding hydrogens is 172 g/mol. The summed E-state index contributed by atoms with van der Waals surface area (Å²) in [4.78, 5) is 0. The van der Waals surface area contributed by atoms with Gasteiger partial charge in [0.05, 0.1) is 0 Å². The summed E-state index contributed by atoms with van der Waals surface area (Å²) in [6.07, 6.45) is 6.65. The topological polar surface area (TPSA) is 24.1 Å². The Hall–Kier alpha value is -0.0800. The molecule has 0 aromatic rings. The van der Waals surface area contributed by atoms with E-state index in [9.17, 15) is 0 Å². The van der Waals surface area contributed by atoms with Crippen LogP contribution in [0, 0.1) is 0 Å². The van der Waals surface area contributed by atoms with E-state index in [0.717, 1.165) is 6.04 Å². The predicted molar refractivity (Wildman–Crippen MR) is 62.6 cm³/mol. The molecule has 0 aromatic carbocycles. The van der Waals surface area contributed by atoms with Gasteiger partial charge in [-0.05, 0) is 46.1 Å². The fourth-order valence-electron chi connectivity index (χ4n) is 2.22. The standard InChI is InChI=1S/C12H26N2/c1-4-10(2)14-11(3)9-12-7-5-6-8-13-12/h10-14H,4-9H2,1-3H3. The molecule has 1 saturated heterocycles. The van der Waals surface area contributed by atoms with Crippen LogP contribution in [0.2, 0.25) is 0 Å². The van der Waals surface area contributed by atoms with E-state index in [-0.39, 0.29) is 0 Å². The van der Waals surface area contributed by atoms with Gasteiger partial charge in [-0.25, -0.2) is 0 Å². The summed E-state index contributed by atoms with van der Waals surface area (Å²) in [6.45, 7) is 8.04. The van der Waals surface area contributed by atoms with E-state index in [1.165, 1.54) is 38.6 Å². The third-order valence-electron chi connectivity index (χ3n) is 3.23. The molecule has 84 valence electrons. The van der Waals surface area contributed by atoms with Crippen molar-refractivity contribution in [3.63, 3.8) is 0 Å². The SMILES string of the molecule is CCC(C)NC(C)CC1CCCCN1. The molecule has 1 rings (SSSR count). The smallest absolute Gasteiger partial charge is 0.00817 e. The lowest BCUT2D eigenvalue weighted by atomic mass is 9.98. The first kappa shape index (κ1) is 12.0. The predicted octanol–water partition coefficient (Wildman–Crippen LogP) is 2.30. The third kappa shape index (κ3) is 4.43. The van der Waals surface area contributed by atoms with Crippen LogP contribution in [0.25, 0.3) is 0 Å². The molecule has 0 bridgehead atoms. The van der Waals surface area contributed by atoms with Crippen molar-refractivity contribution in [2.75, 3.05) is 6.54 Å². The molecule has 2 nitrogen and oxygen atoms in total. The number of rotatable bonds is 5. The molecule has 3 atom stereocenters. The van der Waals surface area contributed by atoms with Gasteiger partial charge in [-0.3, -0.25) is 0 Å². The van der Waals surface area contributed by atoms with Gasteiger partial charge in [-0.15, -0.1) is 0 Å². The van der Waals surface area contributed by atoms with Gasteiger partial charge < -0.3 is 10.6 Å². The number of hydrogen-bond acceptors (Lipinski definition) is 2. The van der Waals surface area contributed by atoms with Crippen molar-refractivity contribution in [3.05, 3.63) is 0 Å². The highest BCUT2D eigenvalue weighted by Gasteiger charge is 2.16. The van der Waals surface area contributed by atoms with Gasteiger partial charge in [-0.1, -0.05) is 13.3 Å². The van der Waals surface area contributed by atoms with Crippen LogP contribution in [-0.4, -0.2) is 24.7 Å². The summed E-state index contributed by atoms with van der Waals surface area (Å²) in [5.41, 5.74) is 0. The summed E-state index contributed by atoms with van der Waals surface area (Å²) >= 11 is 0. The van der Waals surface area contributed by atoms with E-state index in [4.69, 9.17) is 0 Å². The zero-order valence-corrected chi connectivity index (χ0v) is 9.97. The lowest BCUT2D eigenvalue weighted by molar-refractivity contribution is 0.331. The van der Waals surface area contributed by atoms with Crippen LogP contribution < -0.4 is 10.6 Å². The third-order valence-corrected chi connectivity index (χ3v) is 3.23. The van der Waals surface area contributed by atoms with Crippen LogP contribution in [0.5, 0.6) is 0 Å². The van der Waals surface area contributed by atoms with E-state index >= 15 is 0 Å². The molecule has 2 N–H and O–H groups in total. The molecule has 0 saturated carbocycles. The van der Waals surface area contributed by atoms with Gasteiger partial charge >= 0.3 is 0 Å². The van der Waals surface area contributed by atoms with E-state index in [0.29, 0.717) is 12.1 Å². The second-order valence-electron chi connectivity index (χ2n) is 4.76. The van der Waals surface area contributed by atoms with Crippen molar-refractivity contribution in [1.82, 2.24) is 10.6 Å². The van der Waals surface area contributed by atoms with Gasteiger partial charge in [0.15, 0.2) is 0 Å². The van der Waals surface area contributed by atoms with Crippen LogP contribution in [0.15, 0.2) is 0 Å². The van der Waals surface area contributed by atoms with E-state index in [2.05, 4.69) is 31.4 Å². The monoisotopic (exact) mass is 198 g/mol. The number of hydrogen-bond donors (Lipinski definition) is 2. The van der Waals surface area contributed by atoms with Gasteiger partial charge in [0.25, 0.3) is 0 Å². The van der Waals surface area contributed by atoms with Crippen molar-refractivity contribution in [2.45, 2.75) is 71.0 Å². The number of nitrogens with one attached hydrogen (secondary N) is 2. The lowest BCUT2D eigenvalue weighted by Gasteiger charge is -2.28. The minimum absolute atomic E-state index is 0.653. The van der Waals surface area contributed by atoms with Crippen molar-refractivity contribution in [3.8, 4) is 0 Å². The highest BCUT2D eigenvalue weighted by molar-refractivity contribution is 4.78. The molecule has 1 fully saturated rings. The summed E-state index contributed by atoms with van der Waals surface area (Å²) in [6, 6.07) is 2.07. The highest BCUT2D eigenvalue weighted by atomic mass is 15.0. The van der Waals surface area contributed by atoms with Crippen LogP contribution in [0.3, 0.4) is 0 Å². The zero-order chi connectivity index (χ0) is 10.4. The zero-order valence-electron chi connectivity index (χ0n) is 9.97. The Morgan fingerprint density at radius 1 is 1.29 bits per heavy atom. The minimum Gasteiger partial charge on any atom is -0.314 e. The van der Waals surface area contributed by atoms with E-state index in [1.807, 2.05) is 0 Å². The second kappa shape index (κ2) is 6.41. The molecule has 0 amide bonds. The first-order chi connectivity index (χ1) is 6.72.